The minimum Gasteiger partial charge on any atom is -0.327 e. The van der Waals surface area contributed by atoms with Gasteiger partial charge in [-0.2, -0.15) is 0 Å². The van der Waals surface area contributed by atoms with Crippen LogP contribution in [0.4, 0.5) is 0 Å². The number of nitrogens with two attached hydrogens (primary N) is 2. The van der Waals surface area contributed by atoms with E-state index in [0.717, 1.165) is 6.42 Å². The maximum Gasteiger partial charge on any atom is 0.0139 e. The Kier molecular flexibility index (Phi) is 4.36. The second-order valence-corrected chi connectivity index (χ2v) is 2.15. The van der Waals surface area contributed by atoms with E-state index in [1.807, 2.05) is 6.92 Å². The summed E-state index contributed by atoms with van der Waals surface area (Å²) in [4.78, 5) is 0. The first-order chi connectivity index (χ1) is 4.26. The first-order valence-electron chi connectivity index (χ1n) is 3.33. The second kappa shape index (κ2) is 4.53. The van der Waals surface area contributed by atoms with E-state index in [0.29, 0.717) is 13.1 Å². The molecule has 0 aromatic carbocycles. The molecule has 0 rings (SSSR count). The third-order valence-electron chi connectivity index (χ3n) is 1.58. The molecule has 0 aromatic heterocycles. The van der Waals surface area contributed by atoms with Gasteiger partial charge in [-0.25, -0.2) is 0 Å². The van der Waals surface area contributed by atoms with Crippen LogP contribution >= 0.6 is 0 Å². The summed E-state index contributed by atoms with van der Waals surface area (Å²) in [5, 5.41) is 0. The van der Waals surface area contributed by atoms with Gasteiger partial charge in [0.15, 0.2) is 0 Å². The smallest absolute Gasteiger partial charge is 0.0139 e. The number of rotatable bonds is 3. The highest BCUT2D eigenvalue weighted by Gasteiger charge is 1.93. The quantitative estimate of drug-likeness (QED) is 0.548. The van der Waals surface area contributed by atoms with Gasteiger partial charge in [0.25, 0.3) is 0 Å². The number of hydrogen-bond donors (Lipinski definition) is 2. The van der Waals surface area contributed by atoms with Crippen molar-refractivity contribution in [1.29, 1.82) is 0 Å². The van der Waals surface area contributed by atoms with Gasteiger partial charge in [-0.3, -0.25) is 0 Å². The highest BCUT2D eigenvalue weighted by atomic mass is 14.6. The van der Waals surface area contributed by atoms with E-state index in [1.165, 1.54) is 11.1 Å². The monoisotopic (exact) mass is 128 g/mol. The topological polar surface area (TPSA) is 52.0 Å². The lowest BCUT2D eigenvalue weighted by Gasteiger charge is -2.04. The van der Waals surface area contributed by atoms with Crippen LogP contribution in [0.3, 0.4) is 0 Å². The van der Waals surface area contributed by atoms with Crippen LogP contribution in [0, 0.1) is 0 Å². The average Bonchev–Trinajstić information content (AvgIpc) is 1.90. The molecule has 0 radical (unpaired) electrons. The predicted octanol–water partition coefficient (Wildman–Crippen LogP) is 0.630. The lowest BCUT2D eigenvalue weighted by atomic mass is 10.1. The lowest BCUT2D eigenvalue weighted by Crippen LogP contribution is -2.09. The fourth-order valence-corrected chi connectivity index (χ4v) is 0.765. The molecule has 4 N–H and O–H groups in total. The van der Waals surface area contributed by atoms with Gasteiger partial charge in [-0.05, 0) is 13.3 Å². The minimum atomic E-state index is 0.639. The Morgan fingerprint density at radius 1 is 1.22 bits per heavy atom. The maximum absolute atomic E-state index is 5.45. The van der Waals surface area contributed by atoms with E-state index in [4.69, 9.17) is 11.5 Å². The van der Waals surface area contributed by atoms with Crippen molar-refractivity contribution in [2.75, 3.05) is 13.1 Å². The predicted molar refractivity (Wildman–Crippen MR) is 41.1 cm³/mol. The zero-order chi connectivity index (χ0) is 7.28. The molecule has 0 aromatic rings. The standard InChI is InChI=1S/C7H16N2/c1-3-7(5-9)6(2)4-8/h3-5,8-9H2,1-2H3/b7-6+. The van der Waals surface area contributed by atoms with Gasteiger partial charge in [0.05, 0.1) is 0 Å². The van der Waals surface area contributed by atoms with Gasteiger partial charge < -0.3 is 11.5 Å². The summed E-state index contributed by atoms with van der Waals surface area (Å²) in [5.74, 6) is 0. The normalized spacial score (nSPS) is 13.3. The summed E-state index contributed by atoms with van der Waals surface area (Å²) in [6, 6.07) is 0. The molecule has 0 aliphatic rings. The zero-order valence-corrected chi connectivity index (χ0v) is 6.28. The van der Waals surface area contributed by atoms with Gasteiger partial charge in [-0.15, -0.1) is 0 Å². The highest BCUT2D eigenvalue weighted by molar-refractivity contribution is 5.13. The molecule has 0 heterocycles. The molecule has 0 bridgehead atoms. The summed E-state index contributed by atoms with van der Waals surface area (Å²) in [5.41, 5.74) is 13.4. The van der Waals surface area contributed by atoms with Crippen LogP contribution < -0.4 is 11.5 Å². The molecule has 54 valence electrons. The largest absolute Gasteiger partial charge is 0.327 e. The molecule has 0 unspecified atom stereocenters. The summed E-state index contributed by atoms with van der Waals surface area (Å²) >= 11 is 0. The summed E-state index contributed by atoms with van der Waals surface area (Å²) in [7, 11) is 0. The Morgan fingerprint density at radius 2 is 1.78 bits per heavy atom. The van der Waals surface area contributed by atoms with E-state index >= 15 is 0 Å². The van der Waals surface area contributed by atoms with E-state index in [9.17, 15) is 0 Å². The summed E-state index contributed by atoms with van der Waals surface area (Å²) < 4.78 is 0. The molecule has 0 aliphatic heterocycles. The minimum absolute atomic E-state index is 0.639. The van der Waals surface area contributed by atoms with Crippen molar-refractivity contribution < 1.29 is 0 Å². The lowest BCUT2D eigenvalue weighted by molar-refractivity contribution is 0.948. The fraction of sp³-hybridized carbons (Fsp3) is 0.714. The Hall–Kier alpha value is -0.340. The van der Waals surface area contributed by atoms with Crippen LogP contribution in [-0.4, -0.2) is 13.1 Å². The molecule has 9 heavy (non-hydrogen) atoms. The van der Waals surface area contributed by atoms with Crippen molar-refractivity contribution in [2.45, 2.75) is 20.3 Å². The van der Waals surface area contributed by atoms with Crippen molar-refractivity contribution in [3.8, 4) is 0 Å². The van der Waals surface area contributed by atoms with E-state index in [-0.39, 0.29) is 0 Å². The van der Waals surface area contributed by atoms with Crippen molar-refractivity contribution in [1.82, 2.24) is 0 Å². The molecule has 0 atom stereocenters. The Bertz CT molecular complexity index is 99.5. The van der Waals surface area contributed by atoms with Gasteiger partial charge in [0.2, 0.25) is 0 Å². The van der Waals surface area contributed by atoms with Crippen molar-refractivity contribution in [2.24, 2.45) is 11.5 Å². The van der Waals surface area contributed by atoms with Crippen LogP contribution in [0.2, 0.25) is 0 Å². The summed E-state index contributed by atoms with van der Waals surface area (Å²) in [6.07, 6.45) is 1.03. The van der Waals surface area contributed by atoms with Crippen LogP contribution in [-0.2, 0) is 0 Å². The van der Waals surface area contributed by atoms with Crippen LogP contribution in [0.25, 0.3) is 0 Å². The van der Waals surface area contributed by atoms with Gasteiger partial charge in [-0.1, -0.05) is 18.1 Å². The number of hydrogen-bond acceptors (Lipinski definition) is 2. The van der Waals surface area contributed by atoms with E-state index in [1.54, 1.807) is 0 Å². The molecule has 0 aliphatic carbocycles. The highest BCUT2D eigenvalue weighted by Crippen LogP contribution is 2.03. The molecule has 0 saturated heterocycles. The fourth-order valence-electron chi connectivity index (χ4n) is 0.765. The van der Waals surface area contributed by atoms with Crippen molar-refractivity contribution in [3.63, 3.8) is 0 Å². The van der Waals surface area contributed by atoms with Gasteiger partial charge in [0.1, 0.15) is 0 Å². The van der Waals surface area contributed by atoms with E-state index < -0.39 is 0 Å². The van der Waals surface area contributed by atoms with Crippen LogP contribution in [0.1, 0.15) is 20.3 Å². The average molecular weight is 128 g/mol. The molecule has 0 spiro atoms. The molecule has 2 heteroatoms. The van der Waals surface area contributed by atoms with Gasteiger partial charge in [0, 0.05) is 13.1 Å². The Morgan fingerprint density at radius 3 is 1.89 bits per heavy atom. The van der Waals surface area contributed by atoms with Crippen LogP contribution in [0.5, 0.6) is 0 Å². The van der Waals surface area contributed by atoms with E-state index in [2.05, 4.69) is 6.92 Å². The summed E-state index contributed by atoms with van der Waals surface area (Å²) in [6.45, 7) is 5.42. The van der Waals surface area contributed by atoms with Crippen LogP contribution in [0.15, 0.2) is 11.1 Å². The Labute approximate surface area is 56.9 Å². The maximum atomic E-state index is 5.45. The molecule has 0 fully saturated rings. The van der Waals surface area contributed by atoms with Crippen molar-refractivity contribution >= 4 is 0 Å². The second-order valence-electron chi connectivity index (χ2n) is 2.15. The first kappa shape index (κ1) is 8.66. The molecule has 2 nitrogen and oxygen atoms in total. The molecule has 0 saturated carbocycles. The molecular formula is C7H16N2. The van der Waals surface area contributed by atoms with Gasteiger partial charge >= 0.3 is 0 Å². The third kappa shape index (κ3) is 2.63. The van der Waals surface area contributed by atoms with Crippen molar-refractivity contribution in [3.05, 3.63) is 11.1 Å². The zero-order valence-electron chi connectivity index (χ0n) is 6.28. The third-order valence-corrected chi connectivity index (χ3v) is 1.58. The SMILES string of the molecule is CC/C(CN)=C(/C)CN. The Balaban J connectivity index is 4.01. The molecular weight excluding hydrogens is 112 g/mol. The first-order valence-corrected chi connectivity index (χ1v) is 3.33. The molecule has 0 amide bonds.